The molecule has 1 unspecified atom stereocenters. The highest BCUT2D eigenvalue weighted by Gasteiger charge is 2.23. The molecule has 33 heavy (non-hydrogen) atoms. The molecule has 0 spiro atoms. The van der Waals surface area contributed by atoms with Crippen LogP contribution in [0.1, 0.15) is 36.0 Å². The van der Waals surface area contributed by atoms with E-state index in [1.54, 1.807) is 0 Å². The standard InChI is InChI=1S/C31H24N2/c1-21-16-18-26(25-12-5-4-10-23(21)25)31-24-11-3-2-9-22(24)17-19-27(31)28-14-8-15-30(33-28)29-13-6-7-20-32-29/h2-15,17-21H,16H2,1H3. The zero-order valence-electron chi connectivity index (χ0n) is 18.6. The second-order valence-electron chi connectivity index (χ2n) is 8.67. The number of hydrogen-bond acceptors (Lipinski definition) is 2. The number of pyridine rings is 2. The summed E-state index contributed by atoms with van der Waals surface area (Å²) in [5.41, 5.74) is 9.21. The third-order valence-corrected chi connectivity index (χ3v) is 6.61. The van der Waals surface area contributed by atoms with E-state index in [1.165, 1.54) is 33.0 Å². The molecular formula is C31H24N2. The maximum Gasteiger partial charge on any atom is 0.0893 e. The zero-order chi connectivity index (χ0) is 22.2. The first-order valence-corrected chi connectivity index (χ1v) is 11.5. The molecule has 0 bridgehead atoms. The summed E-state index contributed by atoms with van der Waals surface area (Å²) in [5.74, 6) is 0.522. The van der Waals surface area contributed by atoms with Gasteiger partial charge in [-0.25, -0.2) is 4.98 Å². The molecule has 2 nitrogen and oxygen atoms in total. The maximum atomic E-state index is 5.06. The first kappa shape index (κ1) is 19.6. The molecule has 0 saturated heterocycles. The summed E-state index contributed by atoms with van der Waals surface area (Å²) in [6.07, 6.45) is 5.27. The highest BCUT2D eigenvalue weighted by molar-refractivity contribution is 6.04. The molecule has 0 fully saturated rings. The minimum Gasteiger partial charge on any atom is -0.255 e. The maximum absolute atomic E-state index is 5.06. The molecule has 5 aromatic rings. The lowest BCUT2D eigenvalue weighted by atomic mass is 9.79. The van der Waals surface area contributed by atoms with E-state index in [4.69, 9.17) is 4.98 Å². The Morgan fingerprint density at radius 1 is 0.667 bits per heavy atom. The molecule has 0 amide bonds. The highest BCUT2D eigenvalue weighted by atomic mass is 14.8. The van der Waals surface area contributed by atoms with Crippen molar-refractivity contribution in [1.82, 2.24) is 9.97 Å². The summed E-state index contributed by atoms with van der Waals surface area (Å²) in [7, 11) is 0. The van der Waals surface area contributed by atoms with Crippen molar-refractivity contribution < 1.29 is 0 Å². The summed E-state index contributed by atoms with van der Waals surface area (Å²) >= 11 is 0. The van der Waals surface area contributed by atoms with Gasteiger partial charge in [0.15, 0.2) is 0 Å². The average molecular weight is 425 g/mol. The Hall–Kier alpha value is -4.04. The van der Waals surface area contributed by atoms with E-state index < -0.39 is 0 Å². The number of nitrogens with zero attached hydrogens (tertiary/aromatic N) is 2. The van der Waals surface area contributed by atoms with Gasteiger partial charge < -0.3 is 0 Å². The largest absolute Gasteiger partial charge is 0.255 e. The van der Waals surface area contributed by atoms with Crippen molar-refractivity contribution in [2.24, 2.45) is 0 Å². The smallest absolute Gasteiger partial charge is 0.0893 e. The van der Waals surface area contributed by atoms with Crippen molar-refractivity contribution in [2.75, 3.05) is 0 Å². The molecule has 2 aromatic heterocycles. The molecular weight excluding hydrogens is 400 g/mol. The molecule has 2 heterocycles. The van der Waals surface area contributed by atoms with Crippen LogP contribution in [0.4, 0.5) is 0 Å². The SMILES string of the molecule is CC1CC=C(c2c(-c3cccc(-c4ccccn4)n3)ccc3ccccc23)c2ccccc21. The van der Waals surface area contributed by atoms with Gasteiger partial charge in [0.05, 0.1) is 17.1 Å². The van der Waals surface area contributed by atoms with Crippen molar-refractivity contribution in [3.8, 4) is 22.6 Å². The van der Waals surface area contributed by atoms with Crippen LogP contribution in [0.15, 0.2) is 109 Å². The van der Waals surface area contributed by atoms with Crippen molar-refractivity contribution in [2.45, 2.75) is 19.3 Å². The van der Waals surface area contributed by atoms with Gasteiger partial charge in [0, 0.05) is 11.8 Å². The quantitative estimate of drug-likeness (QED) is 0.294. The van der Waals surface area contributed by atoms with E-state index in [2.05, 4.69) is 90.8 Å². The van der Waals surface area contributed by atoms with Gasteiger partial charge in [0.25, 0.3) is 0 Å². The molecule has 0 N–H and O–H groups in total. The van der Waals surface area contributed by atoms with Crippen LogP contribution in [0.5, 0.6) is 0 Å². The fourth-order valence-electron chi connectivity index (χ4n) is 4.96. The lowest BCUT2D eigenvalue weighted by Crippen LogP contribution is -2.06. The molecule has 1 atom stereocenters. The van der Waals surface area contributed by atoms with Crippen molar-refractivity contribution in [3.63, 3.8) is 0 Å². The van der Waals surface area contributed by atoms with Gasteiger partial charge in [0.2, 0.25) is 0 Å². The molecule has 0 aliphatic heterocycles. The van der Waals surface area contributed by atoms with Gasteiger partial charge in [-0.15, -0.1) is 0 Å². The van der Waals surface area contributed by atoms with Crippen LogP contribution in [0.3, 0.4) is 0 Å². The molecule has 0 radical (unpaired) electrons. The van der Waals surface area contributed by atoms with E-state index in [0.717, 1.165) is 29.1 Å². The van der Waals surface area contributed by atoms with Crippen LogP contribution >= 0.6 is 0 Å². The van der Waals surface area contributed by atoms with Crippen LogP contribution in [-0.2, 0) is 0 Å². The first-order valence-electron chi connectivity index (χ1n) is 11.5. The van der Waals surface area contributed by atoms with Crippen LogP contribution < -0.4 is 0 Å². The molecule has 1 aliphatic carbocycles. The van der Waals surface area contributed by atoms with Gasteiger partial charge in [-0.2, -0.15) is 0 Å². The van der Waals surface area contributed by atoms with Crippen molar-refractivity contribution in [1.29, 1.82) is 0 Å². The second kappa shape index (κ2) is 8.14. The van der Waals surface area contributed by atoms with E-state index in [1.807, 2.05) is 30.5 Å². The van der Waals surface area contributed by atoms with Gasteiger partial charge >= 0.3 is 0 Å². The summed E-state index contributed by atoms with van der Waals surface area (Å²) in [4.78, 5) is 9.57. The number of hydrogen-bond donors (Lipinski definition) is 0. The van der Waals surface area contributed by atoms with E-state index in [9.17, 15) is 0 Å². The van der Waals surface area contributed by atoms with Crippen molar-refractivity contribution >= 4 is 16.3 Å². The highest BCUT2D eigenvalue weighted by Crippen LogP contribution is 2.43. The Balaban J connectivity index is 1.61. The van der Waals surface area contributed by atoms with Crippen LogP contribution in [0.25, 0.3) is 39.0 Å². The summed E-state index contributed by atoms with van der Waals surface area (Å²) in [5, 5.41) is 2.50. The average Bonchev–Trinajstić information content (AvgIpc) is 2.89. The fourth-order valence-corrected chi connectivity index (χ4v) is 4.96. The number of fused-ring (bicyclic) bond motifs is 2. The van der Waals surface area contributed by atoms with E-state index in [0.29, 0.717) is 5.92 Å². The molecule has 2 heteroatoms. The topological polar surface area (TPSA) is 25.8 Å². The Labute approximate surface area is 194 Å². The zero-order valence-corrected chi connectivity index (χ0v) is 18.6. The Kier molecular flexibility index (Phi) is 4.84. The molecule has 3 aromatic carbocycles. The summed E-state index contributed by atoms with van der Waals surface area (Å²) in [6.45, 7) is 2.31. The van der Waals surface area contributed by atoms with E-state index >= 15 is 0 Å². The fraction of sp³-hybridized carbons (Fsp3) is 0.0968. The summed E-state index contributed by atoms with van der Waals surface area (Å²) < 4.78 is 0. The molecule has 6 rings (SSSR count). The van der Waals surface area contributed by atoms with Gasteiger partial charge in [-0.05, 0) is 69.6 Å². The Morgan fingerprint density at radius 2 is 1.45 bits per heavy atom. The molecule has 1 aliphatic rings. The number of benzene rings is 3. The van der Waals surface area contributed by atoms with Crippen LogP contribution in [0.2, 0.25) is 0 Å². The molecule has 0 saturated carbocycles. The van der Waals surface area contributed by atoms with Gasteiger partial charge in [-0.3, -0.25) is 4.98 Å². The lowest BCUT2D eigenvalue weighted by molar-refractivity contribution is 0.768. The summed E-state index contributed by atoms with van der Waals surface area (Å²) in [6, 6.07) is 34.1. The minimum atomic E-state index is 0.522. The third-order valence-electron chi connectivity index (χ3n) is 6.61. The van der Waals surface area contributed by atoms with Crippen LogP contribution in [0, 0.1) is 0 Å². The number of allylic oxidation sites excluding steroid dienone is 1. The van der Waals surface area contributed by atoms with Crippen molar-refractivity contribution in [3.05, 3.63) is 126 Å². The van der Waals surface area contributed by atoms with Gasteiger partial charge in [0.1, 0.15) is 0 Å². The first-order chi connectivity index (χ1) is 16.3. The Bertz CT molecular complexity index is 1500. The Morgan fingerprint density at radius 3 is 2.36 bits per heavy atom. The molecule has 158 valence electrons. The lowest BCUT2D eigenvalue weighted by Gasteiger charge is -2.25. The van der Waals surface area contributed by atoms with E-state index in [-0.39, 0.29) is 0 Å². The number of rotatable bonds is 3. The minimum absolute atomic E-state index is 0.522. The predicted molar refractivity (Wildman–Crippen MR) is 137 cm³/mol. The number of aromatic nitrogens is 2. The second-order valence-corrected chi connectivity index (χ2v) is 8.67. The van der Waals surface area contributed by atoms with Crippen LogP contribution in [-0.4, -0.2) is 9.97 Å². The normalized spacial score (nSPS) is 15.2. The predicted octanol–water partition coefficient (Wildman–Crippen LogP) is 7.90. The third kappa shape index (κ3) is 3.44. The van der Waals surface area contributed by atoms with Gasteiger partial charge in [-0.1, -0.05) is 85.8 Å². The monoisotopic (exact) mass is 424 g/mol.